The highest BCUT2D eigenvalue weighted by atomic mass is 32.2. The first-order valence-electron chi connectivity index (χ1n) is 9.44. The maximum absolute atomic E-state index is 12.9. The summed E-state index contributed by atoms with van der Waals surface area (Å²) in [4.78, 5) is 17.3. The molecule has 0 unspecified atom stereocenters. The van der Waals surface area contributed by atoms with Gasteiger partial charge in [-0.3, -0.25) is 9.69 Å². The number of nitrogens with zero attached hydrogens (tertiary/aromatic N) is 3. The number of hydrogen-bond acceptors (Lipinski definition) is 4. The highest BCUT2D eigenvalue weighted by Gasteiger charge is 2.38. The molecule has 7 heteroatoms. The number of rotatable bonds is 5. The van der Waals surface area contributed by atoms with Gasteiger partial charge in [-0.2, -0.15) is 0 Å². The predicted molar refractivity (Wildman–Crippen MR) is 94.2 cm³/mol. The van der Waals surface area contributed by atoms with Crippen LogP contribution in [-0.4, -0.2) is 79.5 Å². The molecular formula is C17H31N3O3S. The van der Waals surface area contributed by atoms with Crippen LogP contribution in [0.5, 0.6) is 0 Å². The van der Waals surface area contributed by atoms with Gasteiger partial charge in [-0.1, -0.05) is 19.3 Å². The molecule has 1 amide bonds. The highest BCUT2D eigenvalue weighted by molar-refractivity contribution is 7.88. The van der Waals surface area contributed by atoms with Gasteiger partial charge in [-0.15, -0.1) is 0 Å². The van der Waals surface area contributed by atoms with Crippen molar-refractivity contribution < 1.29 is 13.2 Å². The number of sulfonamides is 1. The summed E-state index contributed by atoms with van der Waals surface area (Å²) >= 11 is 0. The lowest BCUT2D eigenvalue weighted by Crippen LogP contribution is -2.48. The third-order valence-corrected chi connectivity index (χ3v) is 6.87. The molecule has 138 valence electrons. The van der Waals surface area contributed by atoms with E-state index in [4.69, 9.17) is 0 Å². The van der Waals surface area contributed by atoms with E-state index >= 15 is 0 Å². The van der Waals surface area contributed by atoms with Crippen LogP contribution in [0.3, 0.4) is 0 Å². The lowest BCUT2D eigenvalue weighted by molar-refractivity contribution is -0.136. The summed E-state index contributed by atoms with van der Waals surface area (Å²) in [5.41, 5.74) is 0. The molecule has 0 N–H and O–H groups in total. The molecule has 0 atom stereocenters. The summed E-state index contributed by atoms with van der Waals surface area (Å²) in [5.74, 6) is 0.261. The molecule has 0 bridgehead atoms. The fraction of sp³-hybridized carbons (Fsp3) is 0.941. The van der Waals surface area contributed by atoms with E-state index in [0.717, 1.165) is 38.6 Å². The third-order valence-electron chi connectivity index (χ3n) is 5.57. The van der Waals surface area contributed by atoms with E-state index in [9.17, 15) is 13.2 Å². The number of hydrogen-bond donors (Lipinski definition) is 0. The van der Waals surface area contributed by atoms with Crippen molar-refractivity contribution in [2.24, 2.45) is 0 Å². The van der Waals surface area contributed by atoms with Crippen molar-refractivity contribution in [3.63, 3.8) is 0 Å². The topological polar surface area (TPSA) is 60.9 Å². The molecule has 24 heavy (non-hydrogen) atoms. The molecule has 1 saturated heterocycles. The smallest absolute Gasteiger partial charge is 0.237 e. The van der Waals surface area contributed by atoms with Crippen molar-refractivity contribution in [2.75, 3.05) is 39.0 Å². The second kappa shape index (κ2) is 7.70. The standard InChI is InChI=1S/C17H31N3O3S/c1-24(22,23)19-11-5-10-18(12-13-19)14-17(21)20(16-8-9-16)15-6-3-2-4-7-15/h15-16H,2-14H2,1H3. The minimum Gasteiger partial charge on any atom is -0.336 e. The Morgan fingerprint density at radius 3 is 2.21 bits per heavy atom. The number of carbonyl (C=O) groups is 1. The van der Waals surface area contributed by atoms with Gasteiger partial charge < -0.3 is 4.90 Å². The molecule has 0 aromatic carbocycles. The van der Waals surface area contributed by atoms with Gasteiger partial charge in [0, 0.05) is 31.7 Å². The van der Waals surface area contributed by atoms with Gasteiger partial charge in [0.25, 0.3) is 0 Å². The quantitative estimate of drug-likeness (QED) is 0.744. The van der Waals surface area contributed by atoms with E-state index in [-0.39, 0.29) is 5.91 Å². The zero-order chi connectivity index (χ0) is 17.2. The van der Waals surface area contributed by atoms with Gasteiger partial charge in [0.2, 0.25) is 15.9 Å². The summed E-state index contributed by atoms with van der Waals surface area (Å²) in [6.07, 6.45) is 10.5. The minimum absolute atomic E-state index is 0.261. The van der Waals surface area contributed by atoms with E-state index in [0.29, 0.717) is 38.3 Å². The first kappa shape index (κ1) is 18.1. The molecule has 0 aromatic rings. The summed E-state index contributed by atoms with van der Waals surface area (Å²) < 4.78 is 25.0. The van der Waals surface area contributed by atoms with Crippen molar-refractivity contribution >= 4 is 15.9 Å². The Kier molecular flexibility index (Phi) is 5.82. The van der Waals surface area contributed by atoms with Crippen molar-refractivity contribution in [1.29, 1.82) is 0 Å². The third kappa shape index (κ3) is 4.70. The van der Waals surface area contributed by atoms with Gasteiger partial charge in [0.1, 0.15) is 0 Å². The lowest BCUT2D eigenvalue weighted by atomic mass is 9.94. The van der Waals surface area contributed by atoms with Crippen LogP contribution in [-0.2, 0) is 14.8 Å². The van der Waals surface area contributed by atoms with Crippen molar-refractivity contribution in [2.45, 2.75) is 63.5 Å². The normalized spacial score (nSPS) is 25.4. The van der Waals surface area contributed by atoms with E-state index in [2.05, 4.69) is 9.80 Å². The summed E-state index contributed by atoms with van der Waals surface area (Å²) in [6, 6.07) is 0.915. The fourth-order valence-corrected chi connectivity index (χ4v) is 5.00. The Labute approximate surface area is 146 Å². The summed E-state index contributed by atoms with van der Waals surface area (Å²) in [7, 11) is -3.13. The van der Waals surface area contributed by atoms with Crippen molar-refractivity contribution in [3.05, 3.63) is 0 Å². The van der Waals surface area contributed by atoms with Gasteiger partial charge >= 0.3 is 0 Å². The summed E-state index contributed by atoms with van der Waals surface area (Å²) in [5, 5.41) is 0. The molecule has 3 fully saturated rings. The van der Waals surface area contributed by atoms with Crippen LogP contribution in [0, 0.1) is 0 Å². The zero-order valence-corrected chi connectivity index (χ0v) is 15.6. The Morgan fingerprint density at radius 1 is 0.917 bits per heavy atom. The van der Waals surface area contributed by atoms with Crippen molar-refractivity contribution in [3.8, 4) is 0 Å². The molecule has 1 heterocycles. The molecule has 3 rings (SSSR count). The van der Waals surface area contributed by atoms with Gasteiger partial charge in [0.05, 0.1) is 12.8 Å². The van der Waals surface area contributed by atoms with Gasteiger partial charge in [-0.05, 0) is 38.6 Å². The first-order valence-corrected chi connectivity index (χ1v) is 11.3. The highest BCUT2D eigenvalue weighted by Crippen LogP contribution is 2.33. The molecular weight excluding hydrogens is 326 g/mol. The number of carbonyl (C=O) groups excluding carboxylic acids is 1. The molecule has 1 aliphatic heterocycles. The Morgan fingerprint density at radius 2 is 1.58 bits per heavy atom. The average Bonchev–Trinajstić information content (AvgIpc) is 3.35. The van der Waals surface area contributed by atoms with Crippen LogP contribution in [0.15, 0.2) is 0 Å². The van der Waals surface area contributed by atoms with Gasteiger partial charge in [0.15, 0.2) is 0 Å². The molecule has 6 nitrogen and oxygen atoms in total. The van der Waals surface area contributed by atoms with Crippen LogP contribution >= 0.6 is 0 Å². The summed E-state index contributed by atoms with van der Waals surface area (Å²) in [6.45, 7) is 2.98. The van der Waals surface area contributed by atoms with Crippen LogP contribution < -0.4 is 0 Å². The Bertz CT molecular complexity index is 541. The first-order chi connectivity index (χ1) is 11.4. The lowest BCUT2D eigenvalue weighted by Gasteiger charge is -2.36. The predicted octanol–water partition coefficient (Wildman–Crippen LogP) is 1.28. The monoisotopic (exact) mass is 357 g/mol. The number of amides is 1. The second-order valence-corrected chi connectivity index (χ2v) is 9.60. The molecule has 3 aliphatic rings. The van der Waals surface area contributed by atoms with Crippen LogP contribution in [0.25, 0.3) is 0 Å². The minimum atomic E-state index is -3.13. The van der Waals surface area contributed by atoms with E-state index in [1.807, 2.05) is 0 Å². The van der Waals surface area contributed by atoms with Crippen LogP contribution in [0.2, 0.25) is 0 Å². The Hall–Kier alpha value is -0.660. The molecule has 2 aliphatic carbocycles. The molecule has 0 radical (unpaired) electrons. The van der Waals surface area contributed by atoms with E-state index in [1.165, 1.54) is 29.8 Å². The second-order valence-electron chi connectivity index (χ2n) is 7.62. The largest absolute Gasteiger partial charge is 0.336 e. The van der Waals surface area contributed by atoms with E-state index in [1.54, 1.807) is 0 Å². The van der Waals surface area contributed by atoms with Gasteiger partial charge in [-0.25, -0.2) is 12.7 Å². The fourth-order valence-electron chi connectivity index (χ4n) is 4.13. The Balaban J connectivity index is 1.56. The average molecular weight is 358 g/mol. The van der Waals surface area contributed by atoms with E-state index < -0.39 is 10.0 Å². The SMILES string of the molecule is CS(=O)(=O)N1CCCN(CC(=O)N(C2CCCCC2)C2CC2)CC1. The maximum atomic E-state index is 12.9. The zero-order valence-electron chi connectivity index (χ0n) is 14.8. The van der Waals surface area contributed by atoms with Crippen molar-refractivity contribution in [1.82, 2.24) is 14.1 Å². The van der Waals surface area contributed by atoms with Crippen LogP contribution in [0.4, 0.5) is 0 Å². The molecule has 0 spiro atoms. The van der Waals surface area contributed by atoms with Crippen LogP contribution in [0.1, 0.15) is 51.4 Å². The molecule has 0 aromatic heterocycles. The maximum Gasteiger partial charge on any atom is 0.237 e. The molecule has 2 saturated carbocycles.